The smallest absolute Gasteiger partial charge is 0.239 e. The van der Waals surface area contributed by atoms with E-state index in [2.05, 4.69) is 4.90 Å². The van der Waals surface area contributed by atoms with E-state index in [1.54, 1.807) is 4.90 Å². The van der Waals surface area contributed by atoms with Crippen molar-refractivity contribution in [3.05, 3.63) is 0 Å². The predicted octanol–water partition coefficient (Wildman–Crippen LogP) is -0.326. The summed E-state index contributed by atoms with van der Waals surface area (Å²) in [6.07, 6.45) is 3.06. The van der Waals surface area contributed by atoms with Gasteiger partial charge in [0.1, 0.15) is 0 Å². The molecule has 2 fully saturated rings. The lowest BCUT2D eigenvalue weighted by molar-refractivity contribution is -0.131. The zero-order valence-corrected chi connectivity index (χ0v) is 8.65. The van der Waals surface area contributed by atoms with Gasteiger partial charge in [0.2, 0.25) is 5.91 Å². The zero-order valence-electron chi connectivity index (χ0n) is 8.65. The molecule has 0 radical (unpaired) electrons. The van der Waals surface area contributed by atoms with Gasteiger partial charge in [-0.15, -0.1) is 0 Å². The van der Waals surface area contributed by atoms with E-state index in [1.165, 1.54) is 0 Å². The van der Waals surface area contributed by atoms with Crippen LogP contribution in [0.5, 0.6) is 0 Å². The lowest BCUT2D eigenvalue weighted by Gasteiger charge is -2.27. The lowest BCUT2D eigenvalue weighted by atomic mass is 10.1. The maximum Gasteiger partial charge on any atom is 0.239 e. The van der Waals surface area contributed by atoms with E-state index >= 15 is 0 Å². The minimum atomic E-state index is 0.0413. The highest BCUT2D eigenvalue weighted by atomic mass is 16.3. The average Bonchev–Trinajstić information content (AvgIpc) is 2.75. The first kappa shape index (κ1) is 9.93. The molecule has 2 heterocycles. The highest BCUT2D eigenvalue weighted by Gasteiger charge is 2.38. The van der Waals surface area contributed by atoms with Crippen molar-refractivity contribution >= 4 is 5.91 Å². The molecule has 2 aliphatic heterocycles. The Morgan fingerprint density at radius 2 is 2.21 bits per heavy atom. The van der Waals surface area contributed by atoms with E-state index in [0.717, 1.165) is 32.4 Å². The minimum Gasteiger partial charge on any atom is -0.395 e. The number of nitrogens with zero attached hydrogens (tertiary/aromatic N) is 2. The summed E-state index contributed by atoms with van der Waals surface area (Å²) in [5.74, 6) is 0.227. The normalized spacial score (nSPS) is 34.4. The highest BCUT2D eigenvalue weighted by molar-refractivity contribution is 5.83. The summed E-state index contributed by atoms with van der Waals surface area (Å²) >= 11 is 0. The molecule has 0 aromatic heterocycles. The Hall–Kier alpha value is -0.610. The molecule has 0 spiro atoms. The van der Waals surface area contributed by atoms with Gasteiger partial charge in [0.15, 0.2) is 0 Å². The summed E-state index contributed by atoms with van der Waals surface area (Å²) in [5.41, 5.74) is 0. The van der Waals surface area contributed by atoms with Crippen molar-refractivity contribution in [1.82, 2.24) is 9.80 Å². The molecule has 4 nitrogen and oxygen atoms in total. The molecule has 4 heteroatoms. The van der Waals surface area contributed by atoms with Gasteiger partial charge in [0.05, 0.1) is 12.6 Å². The molecule has 14 heavy (non-hydrogen) atoms. The van der Waals surface area contributed by atoms with E-state index in [-0.39, 0.29) is 24.6 Å². The third-order valence-electron chi connectivity index (χ3n) is 3.43. The van der Waals surface area contributed by atoms with Crippen molar-refractivity contribution in [2.24, 2.45) is 0 Å². The standard InChI is InChI=1S/C10H18N2O2/c1-11-6-4-9(10(11)14)12-5-2-3-8(12)7-13/h8-9,13H,2-7H2,1H3/t8-,9?/m1/s1. The highest BCUT2D eigenvalue weighted by Crippen LogP contribution is 2.25. The molecule has 0 aromatic rings. The van der Waals surface area contributed by atoms with Crippen molar-refractivity contribution in [3.8, 4) is 0 Å². The van der Waals surface area contributed by atoms with E-state index < -0.39 is 0 Å². The van der Waals surface area contributed by atoms with Crippen LogP contribution in [0, 0.1) is 0 Å². The molecule has 80 valence electrons. The Morgan fingerprint density at radius 1 is 1.43 bits per heavy atom. The Labute approximate surface area is 84.5 Å². The van der Waals surface area contributed by atoms with Gasteiger partial charge >= 0.3 is 0 Å². The topological polar surface area (TPSA) is 43.8 Å². The first-order valence-corrected chi connectivity index (χ1v) is 5.35. The van der Waals surface area contributed by atoms with Crippen LogP contribution in [-0.2, 0) is 4.79 Å². The fourth-order valence-electron chi connectivity index (χ4n) is 2.58. The average molecular weight is 198 g/mol. The Morgan fingerprint density at radius 3 is 2.79 bits per heavy atom. The van der Waals surface area contributed by atoms with Crippen molar-refractivity contribution in [1.29, 1.82) is 0 Å². The van der Waals surface area contributed by atoms with Gasteiger partial charge in [-0.3, -0.25) is 9.69 Å². The molecular formula is C10H18N2O2. The number of likely N-dealkylation sites (N-methyl/N-ethyl adjacent to an activating group) is 1. The maximum atomic E-state index is 11.8. The third kappa shape index (κ3) is 1.53. The van der Waals surface area contributed by atoms with E-state index in [1.807, 2.05) is 7.05 Å². The molecule has 0 aromatic carbocycles. The fourth-order valence-corrected chi connectivity index (χ4v) is 2.58. The summed E-state index contributed by atoms with van der Waals surface area (Å²) in [5, 5.41) is 9.18. The van der Waals surface area contributed by atoms with Gasteiger partial charge < -0.3 is 10.0 Å². The van der Waals surface area contributed by atoms with Crippen LogP contribution in [0.15, 0.2) is 0 Å². The number of aliphatic hydroxyl groups is 1. The van der Waals surface area contributed by atoms with Crippen molar-refractivity contribution < 1.29 is 9.90 Å². The van der Waals surface area contributed by atoms with Gasteiger partial charge in [-0.25, -0.2) is 0 Å². The largest absolute Gasteiger partial charge is 0.395 e. The van der Waals surface area contributed by atoms with Crippen LogP contribution in [0.1, 0.15) is 19.3 Å². The number of amides is 1. The molecule has 2 rings (SSSR count). The Balaban J connectivity index is 2.04. The summed E-state index contributed by atoms with van der Waals surface area (Å²) in [6, 6.07) is 0.259. The molecule has 1 N–H and O–H groups in total. The van der Waals surface area contributed by atoms with Crippen molar-refractivity contribution in [2.75, 3.05) is 26.7 Å². The third-order valence-corrected chi connectivity index (χ3v) is 3.43. The lowest BCUT2D eigenvalue weighted by Crippen LogP contribution is -2.45. The monoisotopic (exact) mass is 198 g/mol. The van der Waals surface area contributed by atoms with Crippen molar-refractivity contribution in [3.63, 3.8) is 0 Å². The summed E-state index contributed by atoms with van der Waals surface area (Å²) in [6.45, 7) is 2.01. The van der Waals surface area contributed by atoms with Crippen LogP contribution in [0.2, 0.25) is 0 Å². The van der Waals surface area contributed by atoms with E-state index in [4.69, 9.17) is 0 Å². The molecule has 0 bridgehead atoms. The number of carbonyl (C=O) groups excluding carboxylic acids is 1. The van der Waals surface area contributed by atoms with Crippen LogP contribution < -0.4 is 0 Å². The predicted molar refractivity (Wildman–Crippen MR) is 52.9 cm³/mol. The molecule has 2 atom stereocenters. The SMILES string of the molecule is CN1CCC(N2CCC[C@@H]2CO)C1=O. The van der Waals surface area contributed by atoms with Crippen LogP contribution in [0.4, 0.5) is 0 Å². The number of hydrogen-bond acceptors (Lipinski definition) is 3. The minimum absolute atomic E-state index is 0.0413. The van der Waals surface area contributed by atoms with Crippen LogP contribution >= 0.6 is 0 Å². The number of aliphatic hydroxyl groups excluding tert-OH is 1. The maximum absolute atomic E-state index is 11.8. The van der Waals surface area contributed by atoms with Crippen LogP contribution in [0.25, 0.3) is 0 Å². The van der Waals surface area contributed by atoms with Crippen molar-refractivity contribution in [2.45, 2.75) is 31.3 Å². The molecule has 0 saturated carbocycles. The van der Waals surface area contributed by atoms with E-state index in [0.29, 0.717) is 0 Å². The molecule has 2 aliphatic rings. The van der Waals surface area contributed by atoms with E-state index in [9.17, 15) is 9.90 Å². The number of hydrogen-bond donors (Lipinski definition) is 1. The summed E-state index contributed by atoms with van der Waals surface area (Å²) < 4.78 is 0. The molecule has 2 saturated heterocycles. The second-order valence-electron chi connectivity index (χ2n) is 4.28. The first-order chi connectivity index (χ1) is 6.74. The van der Waals surface area contributed by atoms with Gasteiger partial charge in [0, 0.05) is 19.6 Å². The summed E-state index contributed by atoms with van der Waals surface area (Å²) in [4.78, 5) is 15.7. The zero-order chi connectivity index (χ0) is 10.1. The van der Waals surface area contributed by atoms with Crippen LogP contribution in [0.3, 0.4) is 0 Å². The summed E-state index contributed by atoms with van der Waals surface area (Å²) in [7, 11) is 1.85. The van der Waals surface area contributed by atoms with Gasteiger partial charge in [0.25, 0.3) is 0 Å². The molecule has 1 unspecified atom stereocenters. The number of rotatable bonds is 2. The number of carbonyl (C=O) groups is 1. The quantitative estimate of drug-likeness (QED) is 0.661. The molecule has 0 aliphatic carbocycles. The Kier molecular flexibility index (Phi) is 2.74. The van der Waals surface area contributed by atoms with Gasteiger partial charge in [-0.05, 0) is 25.8 Å². The first-order valence-electron chi connectivity index (χ1n) is 5.35. The molecule has 1 amide bonds. The number of likely N-dealkylation sites (tertiary alicyclic amines) is 2. The molecular weight excluding hydrogens is 180 g/mol. The van der Waals surface area contributed by atoms with Crippen LogP contribution in [-0.4, -0.2) is 59.6 Å². The Bertz CT molecular complexity index is 232. The fraction of sp³-hybridized carbons (Fsp3) is 0.900. The van der Waals surface area contributed by atoms with Gasteiger partial charge in [-0.2, -0.15) is 0 Å². The second kappa shape index (κ2) is 3.87. The second-order valence-corrected chi connectivity index (χ2v) is 4.28. The van der Waals surface area contributed by atoms with Gasteiger partial charge in [-0.1, -0.05) is 0 Å².